The molecule has 2 rings (SSSR count). The van der Waals surface area contributed by atoms with Crippen molar-refractivity contribution in [2.45, 2.75) is 64.1 Å². The van der Waals surface area contributed by atoms with Crippen molar-refractivity contribution in [2.75, 3.05) is 99.1 Å². The van der Waals surface area contributed by atoms with Crippen molar-refractivity contribution in [3.05, 3.63) is 25.3 Å². The molecule has 0 aromatic rings. The summed E-state index contributed by atoms with van der Waals surface area (Å²) in [5.74, 6) is -1.26. The van der Waals surface area contributed by atoms with Crippen LogP contribution in [0.1, 0.15) is 33.6 Å². The molecule has 0 radical (unpaired) electrons. The highest BCUT2D eigenvalue weighted by atomic mass is 16.6. The van der Waals surface area contributed by atoms with Crippen LogP contribution in [0.4, 0.5) is 0 Å². The number of esters is 2. The summed E-state index contributed by atoms with van der Waals surface area (Å²) in [6.07, 6.45) is 0.532. The summed E-state index contributed by atoms with van der Waals surface area (Å²) < 4.78 is 56.0. The molecule has 0 aliphatic carbocycles. The van der Waals surface area contributed by atoms with Gasteiger partial charge in [0.15, 0.2) is 0 Å². The molecule has 0 spiro atoms. The highest BCUT2D eigenvalue weighted by Gasteiger charge is 2.38. The summed E-state index contributed by atoms with van der Waals surface area (Å²) in [5.41, 5.74) is 0.00544. The van der Waals surface area contributed by atoms with E-state index in [0.29, 0.717) is 39.6 Å². The van der Waals surface area contributed by atoms with Gasteiger partial charge in [0.25, 0.3) is 0 Å². The smallest absolute Gasteiger partial charge is 0.330 e. The first-order chi connectivity index (χ1) is 22.6. The van der Waals surface area contributed by atoms with Crippen LogP contribution in [0.2, 0.25) is 0 Å². The third-order valence-electron chi connectivity index (χ3n) is 8.00. The van der Waals surface area contributed by atoms with E-state index in [-0.39, 0.29) is 76.4 Å². The summed E-state index contributed by atoms with van der Waals surface area (Å²) in [7, 11) is 0. The molecule has 5 unspecified atom stereocenters. The lowest BCUT2D eigenvalue weighted by atomic mass is 9.84. The Balaban J connectivity index is 1.81. The van der Waals surface area contributed by atoms with Crippen molar-refractivity contribution in [3.63, 3.8) is 0 Å². The predicted octanol–water partition coefficient (Wildman–Crippen LogP) is 1.25. The lowest BCUT2D eigenvalue weighted by Gasteiger charge is -2.40. The van der Waals surface area contributed by atoms with Crippen LogP contribution in [0.15, 0.2) is 25.3 Å². The van der Waals surface area contributed by atoms with Crippen molar-refractivity contribution in [2.24, 2.45) is 10.8 Å². The normalized spacial score (nSPS) is 19.7. The van der Waals surface area contributed by atoms with E-state index in [1.807, 2.05) is 6.92 Å². The van der Waals surface area contributed by atoms with Crippen LogP contribution in [-0.2, 0) is 57.0 Å². The molecular weight excluding hydrogens is 620 g/mol. The van der Waals surface area contributed by atoms with Crippen molar-refractivity contribution < 1.29 is 67.2 Å². The molecule has 0 amide bonds. The number of carbonyl (C=O) groups excluding carboxylic acids is 2. The van der Waals surface area contributed by atoms with Crippen molar-refractivity contribution in [3.8, 4) is 0 Å². The first-order valence-corrected chi connectivity index (χ1v) is 16.3. The third kappa shape index (κ3) is 16.3. The summed E-state index contributed by atoms with van der Waals surface area (Å²) in [6, 6.07) is 0. The van der Waals surface area contributed by atoms with Gasteiger partial charge in [-0.2, -0.15) is 0 Å². The van der Waals surface area contributed by atoms with Gasteiger partial charge in [0, 0.05) is 23.0 Å². The lowest BCUT2D eigenvalue weighted by Crippen LogP contribution is -2.46. The average molecular weight is 677 g/mol. The van der Waals surface area contributed by atoms with E-state index in [4.69, 9.17) is 47.4 Å². The quantitative estimate of drug-likeness (QED) is 0.0858. The van der Waals surface area contributed by atoms with E-state index in [2.05, 4.69) is 27.0 Å². The largest absolute Gasteiger partial charge is 0.460 e. The molecule has 2 heterocycles. The van der Waals surface area contributed by atoms with Gasteiger partial charge >= 0.3 is 11.9 Å². The molecule has 2 fully saturated rings. The molecule has 47 heavy (non-hydrogen) atoms. The van der Waals surface area contributed by atoms with Gasteiger partial charge in [0.1, 0.15) is 37.6 Å². The maximum Gasteiger partial charge on any atom is 0.330 e. The molecule has 14 nitrogen and oxygen atoms in total. The fraction of sp³-hybridized carbons (Fsp3) is 0.818. The van der Waals surface area contributed by atoms with E-state index in [1.165, 1.54) is 0 Å². The number of hydrogen-bond acceptors (Lipinski definition) is 14. The molecule has 5 atom stereocenters. The van der Waals surface area contributed by atoms with Gasteiger partial charge in [-0.1, -0.05) is 27.0 Å². The van der Waals surface area contributed by atoms with E-state index in [0.717, 1.165) is 25.0 Å². The SMILES string of the molecule is C=CC(=O)OCC(O)COC(COCC(C)OCC(COCC1(CC)COC1)OCC(O)COC(=O)C=C)COCC1(CC)COC1. The molecular formula is C33H56O14. The first kappa shape index (κ1) is 41.2. The molecule has 14 heteroatoms. The van der Waals surface area contributed by atoms with Crippen LogP contribution in [0.25, 0.3) is 0 Å². The minimum atomic E-state index is -1.03. The maximum absolute atomic E-state index is 11.3. The molecule has 0 aromatic heterocycles. The number of rotatable bonds is 29. The van der Waals surface area contributed by atoms with Crippen LogP contribution in [0.5, 0.6) is 0 Å². The first-order valence-electron chi connectivity index (χ1n) is 16.3. The monoisotopic (exact) mass is 676 g/mol. The Bertz CT molecular complexity index is 895. The average Bonchev–Trinajstić information content (AvgIpc) is 3.04. The second kappa shape index (κ2) is 22.6. The molecule has 272 valence electrons. The second-order valence-electron chi connectivity index (χ2n) is 12.3. The van der Waals surface area contributed by atoms with E-state index in [9.17, 15) is 19.8 Å². The standard InChI is InChI=1S/C33H56O14/c1-6-30(36)46-13-26(34)11-44-28(16-39-19-32(8-3)21-41-22-32)15-38-10-25(5)43-18-29(17-40-20-33(9-4)23-42-24-33)45-12-27(35)14-47-31(37)7-2/h6-7,25-29,34-35H,1-2,8-24H2,3-5H3. The highest BCUT2D eigenvalue weighted by Crippen LogP contribution is 2.32. The Kier molecular flexibility index (Phi) is 19.8. The predicted molar refractivity (Wildman–Crippen MR) is 169 cm³/mol. The van der Waals surface area contributed by atoms with Gasteiger partial charge in [-0.3, -0.25) is 0 Å². The summed E-state index contributed by atoms with van der Waals surface area (Å²) >= 11 is 0. The van der Waals surface area contributed by atoms with Crippen LogP contribution >= 0.6 is 0 Å². The van der Waals surface area contributed by atoms with Crippen LogP contribution in [-0.4, -0.2) is 152 Å². The minimum absolute atomic E-state index is 0.00212. The van der Waals surface area contributed by atoms with Crippen molar-refractivity contribution in [1.29, 1.82) is 0 Å². The van der Waals surface area contributed by atoms with Gasteiger partial charge in [0.05, 0.1) is 92.0 Å². The molecule has 0 bridgehead atoms. The number of carbonyl (C=O) groups is 2. The fourth-order valence-corrected chi connectivity index (χ4v) is 4.41. The maximum atomic E-state index is 11.3. The minimum Gasteiger partial charge on any atom is -0.460 e. The number of aliphatic hydroxyl groups excluding tert-OH is 2. The Morgan fingerprint density at radius 1 is 0.660 bits per heavy atom. The van der Waals surface area contributed by atoms with Crippen molar-refractivity contribution in [1.82, 2.24) is 0 Å². The molecule has 2 aliphatic rings. The van der Waals surface area contributed by atoms with E-state index < -0.39 is 36.4 Å². The third-order valence-corrected chi connectivity index (χ3v) is 8.00. The Hall–Kier alpha value is -1.98. The van der Waals surface area contributed by atoms with Crippen molar-refractivity contribution >= 4 is 11.9 Å². The number of aliphatic hydroxyl groups is 2. The van der Waals surface area contributed by atoms with E-state index >= 15 is 0 Å². The molecule has 2 N–H and O–H groups in total. The zero-order chi connectivity index (χ0) is 34.5. The Morgan fingerprint density at radius 2 is 1.09 bits per heavy atom. The van der Waals surface area contributed by atoms with Gasteiger partial charge in [-0.15, -0.1) is 0 Å². The van der Waals surface area contributed by atoms with E-state index in [1.54, 1.807) is 0 Å². The van der Waals surface area contributed by atoms with Gasteiger partial charge in [-0.25, -0.2) is 9.59 Å². The molecule has 2 aliphatic heterocycles. The van der Waals surface area contributed by atoms with Gasteiger partial charge in [0.2, 0.25) is 0 Å². The van der Waals surface area contributed by atoms with Gasteiger partial charge < -0.3 is 57.6 Å². The van der Waals surface area contributed by atoms with Crippen LogP contribution in [0.3, 0.4) is 0 Å². The number of hydrogen-bond donors (Lipinski definition) is 2. The summed E-state index contributed by atoms with van der Waals surface area (Å²) in [4.78, 5) is 22.6. The topological polar surface area (TPSA) is 167 Å². The summed E-state index contributed by atoms with van der Waals surface area (Å²) in [6.45, 7) is 16.8. The summed E-state index contributed by atoms with van der Waals surface area (Å²) in [5, 5.41) is 20.4. The molecule has 0 saturated carbocycles. The van der Waals surface area contributed by atoms with Crippen LogP contribution in [0, 0.1) is 10.8 Å². The molecule has 0 aromatic carbocycles. The number of ether oxygens (including phenoxy) is 10. The second-order valence-corrected chi connectivity index (χ2v) is 12.3. The van der Waals surface area contributed by atoms with Gasteiger partial charge in [-0.05, 0) is 19.8 Å². The lowest BCUT2D eigenvalue weighted by molar-refractivity contribution is -0.168. The zero-order valence-corrected chi connectivity index (χ0v) is 28.3. The molecule has 2 saturated heterocycles. The van der Waals surface area contributed by atoms with Crippen LogP contribution < -0.4 is 0 Å². The fourth-order valence-electron chi connectivity index (χ4n) is 4.41. The highest BCUT2D eigenvalue weighted by molar-refractivity contribution is 5.81. The Morgan fingerprint density at radius 3 is 1.47 bits per heavy atom. The Labute approximate surface area is 278 Å². The zero-order valence-electron chi connectivity index (χ0n) is 28.3.